The smallest absolute Gasteiger partial charge is 0.211 e. The van der Waals surface area contributed by atoms with Crippen molar-refractivity contribution >= 4 is 48.0 Å². The molecule has 0 radical (unpaired) electrons. The number of pyridine rings is 1. The van der Waals surface area contributed by atoms with Crippen molar-refractivity contribution in [2.75, 3.05) is 11.2 Å². The number of hydrogen-bond acceptors (Lipinski definition) is 4. The first kappa shape index (κ1) is 19.5. The lowest BCUT2D eigenvalue weighted by Crippen LogP contribution is -2.34. The van der Waals surface area contributed by atoms with Gasteiger partial charge in [0.05, 0.1) is 6.04 Å². The number of nitrogens with one attached hydrogen (secondary N) is 1. The van der Waals surface area contributed by atoms with E-state index in [0.717, 1.165) is 18.7 Å². The Balaban J connectivity index is 0.000000471. The molecule has 130 valence electrons. The zero-order valence-corrected chi connectivity index (χ0v) is 15.9. The quantitative estimate of drug-likeness (QED) is 0.594. The van der Waals surface area contributed by atoms with Gasteiger partial charge in [0, 0.05) is 45.9 Å². The molecule has 1 aromatic heterocycles. The Morgan fingerprint density at radius 3 is 2.62 bits per heavy atom. The highest BCUT2D eigenvalue weighted by Crippen LogP contribution is 2.32. The van der Waals surface area contributed by atoms with Crippen molar-refractivity contribution in [3.63, 3.8) is 0 Å². The first-order valence-electron chi connectivity index (χ1n) is 7.37. The number of benzene rings is 1. The maximum absolute atomic E-state index is 9.09. The van der Waals surface area contributed by atoms with Gasteiger partial charge in [-0.05, 0) is 29.2 Å². The van der Waals surface area contributed by atoms with Gasteiger partial charge in [-0.25, -0.2) is 9.19 Å². The number of halogens is 3. The van der Waals surface area contributed by atoms with Crippen LogP contribution in [0, 0.1) is 0 Å². The lowest BCUT2D eigenvalue weighted by atomic mass is 9.93. The predicted octanol–water partition coefficient (Wildman–Crippen LogP) is 4.14. The highest BCUT2D eigenvalue weighted by Gasteiger charge is 2.26. The van der Waals surface area contributed by atoms with Crippen molar-refractivity contribution < 1.29 is 4.21 Å². The van der Waals surface area contributed by atoms with Crippen molar-refractivity contribution in [1.82, 2.24) is 4.98 Å². The molecule has 0 bridgehead atoms. The molecule has 0 amide bonds. The second kappa shape index (κ2) is 9.59. The van der Waals surface area contributed by atoms with Crippen molar-refractivity contribution in [2.24, 2.45) is 5.73 Å². The van der Waals surface area contributed by atoms with Crippen molar-refractivity contribution in [2.45, 2.75) is 24.9 Å². The molecule has 2 atom stereocenters. The predicted molar refractivity (Wildman–Crippen MR) is 103 cm³/mol. The Morgan fingerprint density at radius 2 is 1.92 bits per heavy atom. The van der Waals surface area contributed by atoms with E-state index in [4.69, 9.17) is 21.5 Å². The number of rotatable bonds is 3. The number of fused-ring (bicyclic) bond motifs is 2. The van der Waals surface area contributed by atoms with E-state index in [-0.39, 0.29) is 12.1 Å². The summed E-state index contributed by atoms with van der Waals surface area (Å²) in [5.41, 5.74) is 10.1. The van der Waals surface area contributed by atoms with Crippen LogP contribution in [0.2, 0.25) is 0 Å². The number of nitrogens with two attached hydrogens (primary N) is 1. The standard InChI is InChI=1S/C16H18ClN3.Cl2OS/c17-8-7-14(18)15-13-6-2-1-4-11(13)10-12-5-3-9-19-16(12)20-15;1-4(2)3/h1-6,9,14-15H,7-8,10,18H2,(H,19,20);. The van der Waals surface area contributed by atoms with E-state index in [2.05, 4.69) is 62.0 Å². The monoisotopic (exact) mass is 405 g/mol. The molecule has 3 rings (SSSR count). The number of nitrogens with zero attached hydrogens (tertiary/aromatic N) is 1. The number of hydrogen-bond donors (Lipinski definition) is 2. The largest absolute Gasteiger partial charge is 0.361 e. The van der Waals surface area contributed by atoms with E-state index in [1.165, 1.54) is 16.7 Å². The summed E-state index contributed by atoms with van der Waals surface area (Å²) in [4.78, 5) is 4.46. The second-order valence-corrected chi connectivity index (χ2v) is 8.24. The molecular weight excluding hydrogens is 389 g/mol. The number of alkyl halides is 1. The van der Waals surface area contributed by atoms with Crippen LogP contribution in [0.1, 0.15) is 29.2 Å². The molecule has 0 spiro atoms. The topological polar surface area (TPSA) is 68.0 Å². The van der Waals surface area contributed by atoms with E-state index >= 15 is 0 Å². The van der Waals surface area contributed by atoms with Crippen LogP contribution in [0.15, 0.2) is 42.6 Å². The summed E-state index contributed by atoms with van der Waals surface area (Å²) in [5.74, 6) is 1.50. The normalized spacial score (nSPS) is 16.8. The van der Waals surface area contributed by atoms with Crippen molar-refractivity contribution in [3.05, 3.63) is 59.3 Å². The fraction of sp³-hybridized carbons (Fsp3) is 0.312. The van der Waals surface area contributed by atoms with E-state index in [0.29, 0.717) is 5.88 Å². The average Bonchev–Trinajstić information content (AvgIpc) is 2.71. The lowest BCUT2D eigenvalue weighted by molar-refractivity contribution is 0.562. The summed E-state index contributed by atoms with van der Waals surface area (Å²) < 4.78 is 9.09. The molecule has 2 heterocycles. The fourth-order valence-corrected chi connectivity index (χ4v) is 3.02. The maximum atomic E-state index is 9.09. The summed E-state index contributed by atoms with van der Waals surface area (Å²) >= 11 is 5.86. The van der Waals surface area contributed by atoms with Gasteiger partial charge in [-0.3, -0.25) is 0 Å². The summed E-state index contributed by atoms with van der Waals surface area (Å²) in [7, 11) is 7.36. The first-order valence-corrected chi connectivity index (χ1v) is 10.7. The van der Waals surface area contributed by atoms with Crippen LogP contribution in [0.3, 0.4) is 0 Å². The Bertz CT molecular complexity index is 698. The van der Waals surface area contributed by atoms with Crippen LogP contribution < -0.4 is 11.1 Å². The van der Waals surface area contributed by atoms with Gasteiger partial charge in [0.2, 0.25) is 9.23 Å². The SMILES string of the molecule is NC(CCCl)C1Nc2ncccc2Cc2ccccc21.O=S(Cl)Cl. The molecule has 0 aliphatic carbocycles. The Labute approximate surface area is 158 Å². The molecule has 24 heavy (non-hydrogen) atoms. The molecule has 8 heteroatoms. The molecule has 1 aliphatic heterocycles. The van der Waals surface area contributed by atoms with Gasteiger partial charge in [-0.15, -0.1) is 11.6 Å². The Kier molecular flexibility index (Phi) is 7.78. The van der Waals surface area contributed by atoms with Gasteiger partial charge in [-0.2, -0.15) is 0 Å². The lowest BCUT2D eigenvalue weighted by Gasteiger charge is -2.25. The summed E-state index contributed by atoms with van der Waals surface area (Å²) in [6.45, 7) is 0. The van der Waals surface area contributed by atoms with E-state index < -0.39 is 9.23 Å². The molecule has 3 N–H and O–H groups in total. The molecule has 0 saturated carbocycles. The van der Waals surface area contributed by atoms with Crippen LogP contribution in [0.25, 0.3) is 0 Å². The number of anilines is 1. The van der Waals surface area contributed by atoms with Crippen molar-refractivity contribution in [1.29, 1.82) is 0 Å². The maximum Gasteiger partial charge on any atom is 0.211 e. The summed E-state index contributed by atoms with van der Waals surface area (Å²) in [6, 6.07) is 12.6. The first-order chi connectivity index (χ1) is 11.5. The molecule has 0 saturated heterocycles. The zero-order valence-electron chi connectivity index (χ0n) is 12.8. The second-order valence-electron chi connectivity index (χ2n) is 5.33. The third-order valence-electron chi connectivity index (χ3n) is 3.83. The molecular formula is C16H18Cl3N3OS. The fourth-order valence-electron chi connectivity index (χ4n) is 2.77. The van der Waals surface area contributed by atoms with E-state index in [1.807, 2.05) is 12.3 Å². The van der Waals surface area contributed by atoms with E-state index in [1.54, 1.807) is 0 Å². The van der Waals surface area contributed by atoms with Crippen LogP contribution in [-0.2, 0) is 15.6 Å². The van der Waals surface area contributed by atoms with Crippen LogP contribution in [0.5, 0.6) is 0 Å². The highest BCUT2D eigenvalue weighted by molar-refractivity contribution is 8.26. The minimum Gasteiger partial charge on any atom is -0.361 e. The molecule has 1 aromatic carbocycles. The third kappa shape index (κ3) is 5.33. The molecule has 0 fully saturated rings. The summed E-state index contributed by atoms with van der Waals surface area (Å²) in [6.07, 6.45) is 3.47. The van der Waals surface area contributed by atoms with Crippen LogP contribution in [-0.4, -0.2) is 21.1 Å². The zero-order chi connectivity index (χ0) is 17.5. The van der Waals surface area contributed by atoms with Gasteiger partial charge >= 0.3 is 0 Å². The van der Waals surface area contributed by atoms with Gasteiger partial charge in [0.15, 0.2) is 0 Å². The van der Waals surface area contributed by atoms with Crippen LogP contribution >= 0.6 is 33.0 Å². The molecule has 2 unspecified atom stereocenters. The van der Waals surface area contributed by atoms with Crippen molar-refractivity contribution in [3.8, 4) is 0 Å². The Hall–Kier alpha value is -0.850. The van der Waals surface area contributed by atoms with Gasteiger partial charge in [-0.1, -0.05) is 30.3 Å². The van der Waals surface area contributed by atoms with Gasteiger partial charge in [0.25, 0.3) is 0 Å². The third-order valence-corrected chi connectivity index (χ3v) is 4.04. The highest BCUT2D eigenvalue weighted by atomic mass is 36.0. The molecule has 4 nitrogen and oxygen atoms in total. The minimum atomic E-state index is -1.67. The Morgan fingerprint density at radius 1 is 1.25 bits per heavy atom. The summed E-state index contributed by atoms with van der Waals surface area (Å²) in [5, 5.41) is 3.51. The van der Waals surface area contributed by atoms with Gasteiger partial charge in [0.1, 0.15) is 5.82 Å². The minimum absolute atomic E-state index is 0.0263. The van der Waals surface area contributed by atoms with Gasteiger partial charge < -0.3 is 11.1 Å². The van der Waals surface area contributed by atoms with Crippen LogP contribution in [0.4, 0.5) is 5.82 Å². The molecule has 2 aromatic rings. The number of aromatic nitrogens is 1. The van der Waals surface area contributed by atoms with E-state index in [9.17, 15) is 0 Å². The average molecular weight is 407 g/mol. The molecule has 1 aliphatic rings.